The van der Waals surface area contributed by atoms with E-state index in [1.807, 2.05) is 38.1 Å². The minimum Gasteiger partial charge on any atom is -0.491 e. The van der Waals surface area contributed by atoms with Crippen LogP contribution in [0.1, 0.15) is 23.5 Å². The molecule has 1 heterocycles. The maximum atomic E-state index is 10.8. The number of carboxylic acids is 1. The molecular formula is C13H13NO3S. The van der Waals surface area contributed by atoms with E-state index in [0.717, 1.165) is 22.6 Å². The molecule has 0 amide bonds. The number of thiazole rings is 1. The van der Waals surface area contributed by atoms with Crippen LogP contribution in [0.5, 0.6) is 5.75 Å². The van der Waals surface area contributed by atoms with Crippen molar-refractivity contribution in [3.05, 3.63) is 35.3 Å². The van der Waals surface area contributed by atoms with Crippen LogP contribution in [0.2, 0.25) is 0 Å². The Morgan fingerprint density at radius 1 is 1.44 bits per heavy atom. The highest BCUT2D eigenvalue weighted by Gasteiger charge is 2.10. The molecule has 0 fully saturated rings. The van der Waals surface area contributed by atoms with Crippen molar-refractivity contribution in [1.82, 2.24) is 4.98 Å². The molecule has 94 valence electrons. The first-order valence-electron chi connectivity index (χ1n) is 5.52. The predicted octanol–water partition coefficient (Wildman–Crippen LogP) is 3.30. The number of aromatic nitrogens is 1. The van der Waals surface area contributed by atoms with E-state index in [1.54, 1.807) is 0 Å². The van der Waals surface area contributed by atoms with Crippen molar-refractivity contribution in [2.45, 2.75) is 20.0 Å². The van der Waals surface area contributed by atoms with Crippen molar-refractivity contribution in [2.24, 2.45) is 0 Å². The smallest absolute Gasteiger partial charge is 0.347 e. The average Bonchev–Trinajstić information content (AvgIpc) is 2.77. The number of carboxylic acid groups (broad SMARTS) is 1. The number of hydrogen-bond acceptors (Lipinski definition) is 4. The van der Waals surface area contributed by atoms with Gasteiger partial charge in [-0.05, 0) is 26.0 Å². The van der Waals surface area contributed by atoms with Crippen LogP contribution in [0.3, 0.4) is 0 Å². The van der Waals surface area contributed by atoms with Gasteiger partial charge in [0.2, 0.25) is 0 Å². The first-order chi connectivity index (χ1) is 8.56. The Morgan fingerprint density at radius 3 is 2.83 bits per heavy atom. The van der Waals surface area contributed by atoms with Crippen LogP contribution < -0.4 is 4.74 Å². The molecule has 2 rings (SSSR count). The molecule has 18 heavy (non-hydrogen) atoms. The summed E-state index contributed by atoms with van der Waals surface area (Å²) < 4.78 is 5.59. The molecule has 0 aliphatic rings. The van der Waals surface area contributed by atoms with Crippen molar-refractivity contribution in [1.29, 1.82) is 0 Å². The van der Waals surface area contributed by atoms with E-state index in [0.29, 0.717) is 5.01 Å². The molecule has 5 heteroatoms. The summed E-state index contributed by atoms with van der Waals surface area (Å²) in [5.41, 5.74) is 0.866. The Hall–Kier alpha value is -1.88. The number of hydrogen-bond donors (Lipinski definition) is 1. The van der Waals surface area contributed by atoms with Gasteiger partial charge in [0.05, 0.1) is 12.3 Å². The summed E-state index contributed by atoms with van der Waals surface area (Å²) in [5.74, 6) is -0.192. The largest absolute Gasteiger partial charge is 0.491 e. The lowest BCUT2D eigenvalue weighted by Gasteiger charge is -2.09. The summed E-state index contributed by atoms with van der Waals surface area (Å²) in [7, 11) is 0. The van der Waals surface area contributed by atoms with Crippen LogP contribution in [0.4, 0.5) is 0 Å². The lowest BCUT2D eigenvalue weighted by Crippen LogP contribution is -2.05. The quantitative estimate of drug-likeness (QED) is 0.919. The third-order valence-corrected chi connectivity index (χ3v) is 3.20. The van der Waals surface area contributed by atoms with E-state index >= 15 is 0 Å². The van der Waals surface area contributed by atoms with Gasteiger partial charge in [-0.2, -0.15) is 0 Å². The summed E-state index contributed by atoms with van der Waals surface area (Å²) in [6, 6.07) is 7.49. The molecule has 0 radical (unpaired) electrons. The van der Waals surface area contributed by atoms with Gasteiger partial charge in [0, 0.05) is 5.56 Å². The Bertz CT molecular complexity index is 563. The van der Waals surface area contributed by atoms with E-state index in [2.05, 4.69) is 4.98 Å². The van der Waals surface area contributed by atoms with Gasteiger partial charge < -0.3 is 9.84 Å². The van der Waals surface area contributed by atoms with Crippen molar-refractivity contribution in [3.63, 3.8) is 0 Å². The predicted molar refractivity (Wildman–Crippen MR) is 70.3 cm³/mol. The molecule has 1 aromatic heterocycles. The third-order valence-electron chi connectivity index (χ3n) is 2.17. The van der Waals surface area contributed by atoms with Gasteiger partial charge in [-0.25, -0.2) is 9.78 Å². The standard InChI is InChI=1S/C13H13NO3S/c1-8(2)17-10-5-3-4-9(6-10)12-14-7-11(18-12)13(15)16/h3-8H,1-2H3,(H,15,16). The van der Waals surface area contributed by atoms with Crippen LogP contribution in [0, 0.1) is 0 Å². The Morgan fingerprint density at radius 2 is 2.22 bits per heavy atom. The van der Waals surface area contributed by atoms with E-state index in [4.69, 9.17) is 9.84 Å². The SMILES string of the molecule is CC(C)Oc1cccc(-c2ncc(C(=O)O)s2)c1. The topological polar surface area (TPSA) is 59.4 Å². The first kappa shape index (κ1) is 12.6. The van der Waals surface area contributed by atoms with Gasteiger partial charge in [-0.15, -0.1) is 11.3 Å². The molecule has 0 spiro atoms. The highest BCUT2D eigenvalue weighted by molar-refractivity contribution is 7.16. The summed E-state index contributed by atoms with van der Waals surface area (Å²) in [6.07, 6.45) is 1.48. The van der Waals surface area contributed by atoms with Crippen LogP contribution in [0.15, 0.2) is 30.5 Å². The van der Waals surface area contributed by atoms with Gasteiger partial charge in [0.25, 0.3) is 0 Å². The lowest BCUT2D eigenvalue weighted by molar-refractivity contribution is 0.0702. The monoisotopic (exact) mass is 263 g/mol. The molecule has 0 saturated heterocycles. The van der Waals surface area contributed by atoms with Crippen LogP contribution in [0.25, 0.3) is 10.6 Å². The normalized spacial score (nSPS) is 10.6. The second-order valence-corrected chi connectivity index (χ2v) is 5.06. The fourth-order valence-corrected chi connectivity index (χ4v) is 2.23. The molecule has 4 nitrogen and oxygen atoms in total. The van der Waals surface area contributed by atoms with Gasteiger partial charge in [0.1, 0.15) is 15.6 Å². The van der Waals surface area contributed by atoms with Gasteiger partial charge in [-0.3, -0.25) is 0 Å². The van der Waals surface area contributed by atoms with Gasteiger partial charge in [-0.1, -0.05) is 12.1 Å². The molecule has 0 unspecified atom stereocenters. The Balaban J connectivity index is 2.29. The molecule has 0 atom stereocenters. The fraction of sp³-hybridized carbons (Fsp3) is 0.231. The average molecular weight is 263 g/mol. The van der Waals surface area contributed by atoms with E-state index in [9.17, 15) is 4.79 Å². The number of rotatable bonds is 4. The zero-order chi connectivity index (χ0) is 13.1. The molecule has 1 aromatic carbocycles. The van der Waals surface area contributed by atoms with Crippen LogP contribution in [-0.4, -0.2) is 22.2 Å². The molecule has 0 saturated carbocycles. The van der Waals surface area contributed by atoms with Gasteiger partial charge in [0.15, 0.2) is 0 Å². The molecule has 0 bridgehead atoms. The Kier molecular flexibility index (Phi) is 3.62. The highest BCUT2D eigenvalue weighted by atomic mass is 32.1. The fourth-order valence-electron chi connectivity index (χ4n) is 1.48. The highest BCUT2D eigenvalue weighted by Crippen LogP contribution is 2.28. The summed E-state index contributed by atoms with van der Waals surface area (Å²) >= 11 is 1.16. The number of nitrogens with zero attached hydrogens (tertiary/aromatic N) is 1. The minimum atomic E-state index is -0.951. The van der Waals surface area contributed by atoms with Gasteiger partial charge >= 0.3 is 5.97 Å². The minimum absolute atomic E-state index is 0.103. The number of ether oxygens (including phenoxy) is 1. The second-order valence-electron chi connectivity index (χ2n) is 4.03. The number of benzene rings is 1. The molecular weight excluding hydrogens is 250 g/mol. The van der Waals surface area contributed by atoms with E-state index < -0.39 is 5.97 Å². The number of aromatic carboxylic acids is 1. The van der Waals surface area contributed by atoms with Crippen molar-refractivity contribution < 1.29 is 14.6 Å². The maximum Gasteiger partial charge on any atom is 0.347 e. The summed E-state index contributed by atoms with van der Waals surface area (Å²) in [5, 5.41) is 9.55. The van der Waals surface area contributed by atoms with Crippen LogP contribution >= 0.6 is 11.3 Å². The third kappa shape index (κ3) is 2.87. The van der Waals surface area contributed by atoms with Crippen molar-refractivity contribution in [2.75, 3.05) is 0 Å². The Labute approximate surface area is 109 Å². The van der Waals surface area contributed by atoms with E-state index in [1.165, 1.54) is 6.20 Å². The second kappa shape index (κ2) is 5.18. The molecule has 2 aromatic rings. The molecule has 0 aliphatic heterocycles. The molecule has 0 aliphatic carbocycles. The zero-order valence-corrected chi connectivity index (χ0v) is 10.9. The van der Waals surface area contributed by atoms with E-state index in [-0.39, 0.29) is 11.0 Å². The lowest BCUT2D eigenvalue weighted by atomic mass is 10.2. The summed E-state index contributed by atoms with van der Waals surface area (Å²) in [4.78, 5) is 15.2. The van der Waals surface area contributed by atoms with Crippen molar-refractivity contribution in [3.8, 4) is 16.3 Å². The maximum absolute atomic E-state index is 10.8. The zero-order valence-electron chi connectivity index (χ0n) is 10.1. The van der Waals surface area contributed by atoms with Crippen LogP contribution in [-0.2, 0) is 0 Å². The first-order valence-corrected chi connectivity index (χ1v) is 6.34. The summed E-state index contributed by atoms with van der Waals surface area (Å²) in [6.45, 7) is 3.91. The molecule has 1 N–H and O–H groups in total. The number of carbonyl (C=O) groups is 1. The van der Waals surface area contributed by atoms with Crippen molar-refractivity contribution >= 4 is 17.3 Å².